The number of rotatable bonds is 10. The minimum absolute atomic E-state index is 0.00179. The van der Waals surface area contributed by atoms with Gasteiger partial charge in [-0.1, -0.05) is 26.7 Å². The van der Waals surface area contributed by atoms with Gasteiger partial charge in [0.05, 0.1) is 6.04 Å². The summed E-state index contributed by atoms with van der Waals surface area (Å²) in [5, 5.41) is 4.04. The fraction of sp³-hybridized carbons (Fsp3) is 0.750. The van der Waals surface area contributed by atoms with Crippen LogP contribution in [0.1, 0.15) is 68.8 Å². The van der Waals surface area contributed by atoms with Crippen LogP contribution in [0.15, 0.2) is 6.20 Å². The first-order chi connectivity index (χ1) is 10.1. The Morgan fingerprint density at radius 1 is 1.38 bits per heavy atom. The third-order valence-electron chi connectivity index (χ3n) is 3.72. The van der Waals surface area contributed by atoms with E-state index in [4.69, 9.17) is 5.73 Å². The van der Waals surface area contributed by atoms with Gasteiger partial charge in [-0.15, -0.1) is 11.3 Å². The number of hydrogen-bond acceptors (Lipinski definition) is 4. The van der Waals surface area contributed by atoms with Gasteiger partial charge < -0.3 is 11.1 Å². The predicted octanol–water partition coefficient (Wildman–Crippen LogP) is 3.43. The molecule has 0 radical (unpaired) electrons. The Balaban J connectivity index is 2.38. The summed E-state index contributed by atoms with van der Waals surface area (Å²) in [6, 6.07) is 0.00179. The normalized spacial score (nSPS) is 13.9. The number of amides is 1. The maximum Gasteiger partial charge on any atom is 0.220 e. The number of nitrogens with one attached hydrogen (secondary N) is 1. The van der Waals surface area contributed by atoms with Gasteiger partial charge in [0.1, 0.15) is 5.01 Å². The van der Waals surface area contributed by atoms with Crippen molar-refractivity contribution in [2.75, 3.05) is 6.54 Å². The van der Waals surface area contributed by atoms with Crippen molar-refractivity contribution in [3.05, 3.63) is 16.1 Å². The van der Waals surface area contributed by atoms with Gasteiger partial charge in [0.25, 0.3) is 0 Å². The van der Waals surface area contributed by atoms with Gasteiger partial charge in [-0.25, -0.2) is 4.98 Å². The van der Waals surface area contributed by atoms with E-state index in [0.29, 0.717) is 18.9 Å². The Labute approximate surface area is 132 Å². The molecule has 1 aromatic heterocycles. The smallest absolute Gasteiger partial charge is 0.220 e. The maximum absolute atomic E-state index is 12.1. The van der Waals surface area contributed by atoms with Gasteiger partial charge in [0.15, 0.2) is 0 Å². The Morgan fingerprint density at radius 2 is 2.14 bits per heavy atom. The Bertz CT molecular complexity index is 413. The van der Waals surface area contributed by atoms with Crippen molar-refractivity contribution < 1.29 is 4.79 Å². The molecule has 21 heavy (non-hydrogen) atoms. The zero-order valence-electron chi connectivity index (χ0n) is 13.5. The molecule has 1 rings (SSSR count). The number of aryl methyl sites for hydroxylation is 1. The fourth-order valence-electron chi connectivity index (χ4n) is 2.47. The summed E-state index contributed by atoms with van der Waals surface area (Å²) in [5.41, 5.74) is 5.63. The highest BCUT2D eigenvalue weighted by Gasteiger charge is 2.15. The lowest BCUT2D eigenvalue weighted by Gasteiger charge is -2.16. The highest BCUT2D eigenvalue weighted by Crippen LogP contribution is 2.21. The molecule has 0 spiro atoms. The first-order valence-electron chi connectivity index (χ1n) is 8.04. The van der Waals surface area contributed by atoms with Crippen LogP contribution in [-0.2, 0) is 11.2 Å². The number of carbonyl (C=O) groups excluding carboxylic acids is 1. The highest BCUT2D eigenvalue weighted by molar-refractivity contribution is 7.11. The highest BCUT2D eigenvalue weighted by atomic mass is 32.1. The van der Waals surface area contributed by atoms with Gasteiger partial charge in [0.2, 0.25) is 5.91 Å². The third-order valence-corrected chi connectivity index (χ3v) is 5.04. The van der Waals surface area contributed by atoms with Crippen LogP contribution in [0.5, 0.6) is 0 Å². The molecule has 2 unspecified atom stereocenters. The van der Waals surface area contributed by atoms with Crippen LogP contribution in [0.3, 0.4) is 0 Å². The SMILES string of the molecule is CCCC(CCN)CCC(=O)NC(C)c1ncc(CC)s1. The maximum atomic E-state index is 12.1. The topological polar surface area (TPSA) is 68.0 Å². The summed E-state index contributed by atoms with van der Waals surface area (Å²) in [7, 11) is 0. The summed E-state index contributed by atoms with van der Waals surface area (Å²) in [5.74, 6) is 0.696. The average Bonchev–Trinajstić information content (AvgIpc) is 2.94. The standard InChI is InChI=1S/C16H29N3OS/c1-4-6-13(9-10-17)7-8-15(20)19-12(3)16-18-11-14(5-2)21-16/h11-13H,4-10,17H2,1-3H3,(H,19,20). The monoisotopic (exact) mass is 311 g/mol. The van der Waals surface area contributed by atoms with E-state index in [2.05, 4.69) is 24.1 Å². The van der Waals surface area contributed by atoms with Crippen LogP contribution < -0.4 is 11.1 Å². The number of nitrogens with zero attached hydrogens (tertiary/aromatic N) is 1. The van der Waals surface area contributed by atoms with Crippen LogP contribution in [0, 0.1) is 5.92 Å². The number of carbonyl (C=O) groups is 1. The molecule has 0 aliphatic heterocycles. The molecule has 0 fully saturated rings. The summed E-state index contributed by atoms with van der Waals surface area (Å²) in [6.07, 6.45) is 7.75. The number of hydrogen-bond donors (Lipinski definition) is 2. The molecule has 1 heterocycles. The second kappa shape index (κ2) is 9.90. The van der Waals surface area contributed by atoms with Gasteiger partial charge >= 0.3 is 0 Å². The first kappa shape index (κ1) is 18.1. The molecular weight excluding hydrogens is 282 g/mol. The zero-order valence-corrected chi connectivity index (χ0v) is 14.3. The predicted molar refractivity (Wildman–Crippen MR) is 89.4 cm³/mol. The van der Waals surface area contributed by atoms with E-state index in [-0.39, 0.29) is 11.9 Å². The Kier molecular flexibility index (Phi) is 8.54. The van der Waals surface area contributed by atoms with Crippen LogP contribution >= 0.6 is 11.3 Å². The van der Waals surface area contributed by atoms with Gasteiger partial charge in [-0.05, 0) is 38.6 Å². The summed E-state index contributed by atoms with van der Waals surface area (Å²) >= 11 is 1.68. The largest absolute Gasteiger partial charge is 0.347 e. The van der Waals surface area contributed by atoms with E-state index in [1.165, 1.54) is 4.88 Å². The molecule has 0 saturated carbocycles. The van der Waals surface area contributed by atoms with E-state index in [1.807, 2.05) is 13.1 Å². The van der Waals surface area contributed by atoms with Crippen LogP contribution in [0.2, 0.25) is 0 Å². The van der Waals surface area contributed by atoms with Crippen molar-refractivity contribution in [2.45, 2.75) is 65.3 Å². The fourth-order valence-corrected chi connectivity index (χ4v) is 3.33. The molecule has 1 aromatic rings. The van der Waals surface area contributed by atoms with Crippen LogP contribution in [0.4, 0.5) is 0 Å². The summed E-state index contributed by atoms with van der Waals surface area (Å²) < 4.78 is 0. The lowest BCUT2D eigenvalue weighted by atomic mass is 9.94. The molecule has 0 aromatic carbocycles. The minimum Gasteiger partial charge on any atom is -0.347 e. The zero-order chi connectivity index (χ0) is 15.7. The second-order valence-corrected chi connectivity index (χ2v) is 6.73. The van der Waals surface area contributed by atoms with Crippen molar-refractivity contribution in [1.29, 1.82) is 0 Å². The molecule has 0 aliphatic carbocycles. The van der Waals surface area contributed by atoms with Crippen molar-refractivity contribution in [2.24, 2.45) is 11.7 Å². The molecule has 1 amide bonds. The van der Waals surface area contributed by atoms with Crippen molar-refractivity contribution in [3.63, 3.8) is 0 Å². The lowest BCUT2D eigenvalue weighted by Crippen LogP contribution is -2.27. The minimum atomic E-state index is 0.00179. The molecule has 5 heteroatoms. The molecule has 3 N–H and O–H groups in total. The number of thiazole rings is 1. The summed E-state index contributed by atoms with van der Waals surface area (Å²) in [4.78, 5) is 17.7. The van der Waals surface area contributed by atoms with E-state index in [1.54, 1.807) is 11.3 Å². The van der Waals surface area contributed by atoms with E-state index < -0.39 is 0 Å². The van der Waals surface area contributed by atoms with Gasteiger partial charge in [-0.2, -0.15) is 0 Å². The molecule has 0 saturated heterocycles. The molecule has 2 atom stereocenters. The van der Waals surface area contributed by atoms with Crippen molar-refractivity contribution in [3.8, 4) is 0 Å². The van der Waals surface area contributed by atoms with Crippen LogP contribution in [-0.4, -0.2) is 17.4 Å². The van der Waals surface area contributed by atoms with Crippen LogP contribution in [0.25, 0.3) is 0 Å². The lowest BCUT2D eigenvalue weighted by molar-refractivity contribution is -0.122. The Hall–Kier alpha value is -0.940. The number of aromatic nitrogens is 1. The molecule has 120 valence electrons. The molecule has 0 bridgehead atoms. The van der Waals surface area contributed by atoms with Crippen molar-refractivity contribution in [1.82, 2.24) is 10.3 Å². The van der Waals surface area contributed by atoms with E-state index in [0.717, 1.165) is 37.1 Å². The van der Waals surface area contributed by atoms with E-state index >= 15 is 0 Å². The average molecular weight is 311 g/mol. The van der Waals surface area contributed by atoms with Crippen molar-refractivity contribution >= 4 is 17.2 Å². The molecule has 4 nitrogen and oxygen atoms in total. The third kappa shape index (κ3) is 6.57. The molecular formula is C16H29N3OS. The second-order valence-electron chi connectivity index (χ2n) is 5.58. The Morgan fingerprint density at radius 3 is 2.71 bits per heavy atom. The van der Waals surface area contributed by atoms with E-state index in [9.17, 15) is 4.79 Å². The first-order valence-corrected chi connectivity index (χ1v) is 8.86. The summed E-state index contributed by atoms with van der Waals surface area (Å²) in [6.45, 7) is 7.01. The number of nitrogens with two attached hydrogens (primary N) is 1. The van der Waals surface area contributed by atoms with Gasteiger partial charge in [-0.3, -0.25) is 4.79 Å². The molecule has 0 aliphatic rings. The quantitative estimate of drug-likeness (QED) is 0.695. The van der Waals surface area contributed by atoms with Gasteiger partial charge in [0, 0.05) is 17.5 Å².